The molecule has 0 bridgehead atoms. The van der Waals surface area contributed by atoms with E-state index in [1.54, 1.807) is 18.2 Å². The third kappa shape index (κ3) is 10.8. The number of fused-ring (bicyclic) bond motifs is 2. The van der Waals surface area contributed by atoms with E-state index in [4.69, 9.17) is 18.9 Å². The molecule has 2 saturated heterocycles. The molecule has 0 saturated carbocycles. The van der Waals surface area contributed by atoms with Crippen LogP contribution < -0.4 is 20.9 Å². The summed E-state index contributed by atoms with van der Waals surface area (Å²) in [6, 6.07) is 13.7. The number of ether oxygens (including phenoxy) is 4. The molecule has 0 radical (unpaired) electrons. The number of hydrogen-bond donors (Lipinski definition) is 5. The van der Waals surface area contributed by atoms with Crippen LogP contribution in [0, 0.1) is 23.5 Å². The molecule has 7 rings (SSSR count). The maximum absolute atomic E-state index is 13.5. The molecule has 3 aliphatic rings. The molecule has 17 nitrogen and oxygen atoms in total. The summed E-state index contributed by atoms with van der Waals surface area (Å²) in [5.74, 6) is 0.178. The zero-order chi connectivity index (χ0) is 45.2. The number of carbonyl (C=O) groups excluding carboxylic acids is 6. The van der Waals surface area contributed by atoms with Gasteiger partial charge in [0.15, 0.2) is 0 Å². The number of piperidine rings is 1. The zero-order valence-corrected chi connectivity index (χ0v) is 34.6. The largest absolute Gasteiger partial charge is 0.378 e. The van der Waals surface area contributed by atoms with Gasteiger partial charge in [-0.3, -0.25) is 39.0 Å². The van der Waals surface area contributed by atoms with Gasteiger partial charge < -0.3 is 44.6 Å². The summed E-state index contributed by atoms with van der Waals surface area (Å²) in [6.07, 6.45) is -0.0147. The van der Waals surface area contributed by atoms with Gasteiger partial charge in [-0.05, 0) is 66.6 Å². The average molecular weight is 885 g/mol. The molecule has 4 aromatic rings. The van der Waals surface area contributed by atoms with E-state index in [-0.39, 0.29) is 55.6 Å². The number of anilines is 1. The van der Waals surface area contributed by atoms with Gasteiger partial charge in [0.2, 0.25) is 17.4 Å². The van der Waals surface area contributed by atoms with Crippen LogP contribution in [0.2, 0.25) is 0 Å². The lowest BCUT2D eigenvalue weighted by atomic mass is 10.0. The minimum atomic E-state index is -2.31. The minimum Gasteiger partial charge on any atom is -0.378 e. The molecule has 5 N–H and O–H groups in total. The average Bonchev–Trinajstić information content (AvgIpc) is 3.90. The Morgan fingerprint density at radius 2 is 1.53 bits per heavy atom. The highest BCUT2D eigenvalue weighted by Crippen LogP contribution is 2.32. The predicted octanol–water partition coefficient (Wildman–Crippen LogP) is 1.84. The summed E-state index contributed by atoms with van der Waals surface area (Å²) < 4.78 is 49.2. The van der Waals surface area contributed by atoms with Gasteiger partial charge in [-0.1, -0.05) is 11.8 Å². The van der Waals surface area contributed by atoms with Crippen molar-refractivity contribution in [3.05, 3.63) is 100 Å². The first-order valence-corrected chi connectivity index (χ1v) is 20.7. The Kier molecular flexibility index (Phi) is 14.9. The number of imide groups is 2. The Hall–Kier alpha value is -6.40. The van der Waals surface area contributed by atoms with Gasteiger partial charge in [0, 0.05) is 72.9 Å². The Morgan fingerprint density at radius 3 is 2.27 bits per heavy atom. The van der Waals surface area contributed by atoms with Gasteiger partial charge in [0.05, 0.1) is 57.4 Å². The molecule has 3 aromatic carbocycles. The van der Waals surface area contributed by atoms with E-state index in [2.05, 4.69) is 32.8 Å². The third-order valence-electron chi connectivity index (χ3n) is 10.7. The van der Waals surface area contributed by atoms with Gasteiger partial charge in [-0.15, -0.1) is 0 Å². The van der Waals surface area contributed by atoms with E-state index in [0.29, 0.717) is 76.7 Å². The fraction of sp³-hybridized carbons (Fsp3) is 0.378. The van der Waals surface area contributed by atoms with Crippen LogP contribution in [0.25, 0.3) is 10.9 Å². The molecule has 19 heteroatoms. The molecule has 1 aromatic heterocycles. The number of halogens is 2. The summed E-state index contributed by atoms with van der Waals surface area (Å²) in [7, 11) is 0. The van der Waals surface area contributed by atoms with Crippen LogP contribution >= 0.6 is 0 Å². The second-order valence-electron chi connectivity index (χ2n) is 15.2. The number of carbonyl (C=O) groups is 6. The number of rotatable bonds is 20. The van der Waals surface area contributed by atoms with Crippen molar-refractivity contribution in [2.45, 2.75) is 44.0 Å². The fourth-order valence-electron chi connectivity index (χ4n) is 7.48. The van der Waals surface area contributed by atoms with Crippen molar-refractivity contribution in [2.75, 3.05) is 70.8 Å². The highest BCUT2D eigenvalue weighted by Gasteiger charge is 2.52. The first-order valence-electron chi connectivity index (χ1n) is 20.7. The molecular formula is C45H46F2N6O11. The lowest BCUT2D eigenvalue weighted by molar-refractivity contribution is -0.149. The molecule has 4 heterocycles. The number of aromatic amines is 1. The van der Waals surface area contributed by atoms with Crippen molar-refractivity contribution >= 4 is 52.0 Å². The first-order chi connectivity index (χ1) is 30.9. The van der Waals surface area contributed by atoms with E-state index in [1.165, 1.54) is 17.0 Å². The number of nitrogens with one attached hydrogen (secondary N) is 4. The summed E-state index contributed by atoms with van der Waals surface area (Å²) in [4.78, 5) is 81.2. The molecule has 0 aliphatic carbocycles. The van der Waals surface area contributed by atoms with Crippen molar-refractivity contribution in [3.8, 4) is 11.8 Å². The second-order valence-corrected chi connectivity index (χ2v) is 15.2. The van der Waals surface area contributed by atoms with Crippen LogP contribution in [0.3, 0.4) is 0 Å². The lowest BCUT2D eigenvalue weighted by Crippen LogP contribution is -2.54. The Bertz CT molecular complexity index is 2480. The van der Waals surface area contributed by atoms with Crippen molar-refractivity contribution < 1.29 is 61.6 Å². The number of aliphatic hydroxyl groups is 1. The van der Waals surface area contributed by atoms with Gasteiger partial charge in [-0.2, -0.15) is 0 Å². The molecule has 3 aliphatic heterocycles. The van der Waals surface area contributed by atoms with E-state index < -0.39 is 58.7 Å². The van der Waals surface area contributed by atoms with E-state index >= 15 is 0 Å². The highest BCUT2D eigenvalue weighted by atomic mass is 19.1. The molecule has 0 spiro atoms. The van der Waals surface area contributed by atoms with E-state index in [0.717, 1.165) is 33.6 Å². The van der Waals surface area contributed by atoms with Crippen LogP contribution in [-0.4, -0.2) is 128 Å². The zero-order valence-electron chi connectivity index (χ0n) is 34.6. The molecule has 2 atom stereocenters. The summed E-state index contributed by atoms with van der Waals surface area (Å²) in [6.45, 7) is 3.76. The minimum absolute atomic E-state index is 0.0474. The normalized spacial score (nSPS) is 18.4. The summed E-state index contributed by atoms with van der Waals surface area (Å²) >= 11 is 0. The van der Waals surface area contributed by atoms with Gasteiger partial charge in [0.1, 0.15) is 24.3 Å². The maximum atomic E-state index is 13.5. The summed E-state index contributed by atoms with van der Waals surface area (Å²) in [5, 5.41) is 19.7. The fourth-order valence-corrected chi connectivity index (χ4v) is 7.48. The van der Waals surface area contributed by atoms with Gasteiger partial charge >= 0.3 is 0 Å². The lowest BCUT2D eigenvalue weighted by Gasteiger charge is -2.27. The van der Waals surface area contributed by atoms with Crippen LogP contribution in [-0.2, 0) is 51.2 Å². The molecule has 1 unspecified atom stereocenters. The maximum Gasteiger partial charge on any atom is 0.268 e. The van der Waals surface area contributed by atoms with E-state index in [9.17, 15) is 42.7 Å². The topological polar surface area (TPSA) is 218 Å². The van der Waals surface area contributed by atoms with Crippen molar-refractivity contribution in [3.63, 3.8) is 0 Å². The third-order valence-corrected chi connectivity index (χ3v) is 10.7. The second kappa shape index (κ2) is 20.9. The molecule has 336 valence electrons. The van der Waals surface area contributed by atoms with Crippen LogP contribution in [0.1, 0.15) is 56.8 Å². The Morgan fingerprint density at radius 1 is 0.828 bits per heavy atom. The Balaban J connectivity index is 0.708. The number of nitrogens with zero attached hydrogens (tertiary/aromatic N) is 2. The first kappa shape index (κ1) is 45.6. The highest BCUT2D eigenvalue weighted by molar-refractivity contribution is 6.23. The molecular weight excluding hydrogens is 839 g/mol. The van der Waals surface area contributed by atoms with Crippen LogP contribution in [0.4, 0.5) is 14.5 Å². The summed E-state index contributed by atoms with van der Waals surface area (Å²) in [5.41, 5.74) is 0.964. The Labute approximate surface area is 365 Å². The quantitative estimate of drug-likeness (QED) is 0.0372. The monoisotopic (exact) mass is 884 g/mol. The van der Waals surface area contributed by atoms with Gasteiger partial charge in [-0.25, -0.2) is 8.78 Å². The smallest absolute Gasteiger partial charge is 0.268 e. The predicted molar refractivity (Wildman–Crippen MR) is 223 cm³/mol. The molecule has 6 amide bonds. The number of H-pyrrole nitrogens is 1. The number of hydrogen-bond acceptors (Lipinski definition) is 12. The van der Waals surface area contributed by atoms with Crippen molar-refractivity contribution in [1.29, 1.82) is 0 Å². The molecule has 2 fully saturated rings. The standard InChI is InChI=1S/C45H46F2N6O11/c46-31-20-29(21-32(47)25-31)26-49-43(58)45(60)9-11-52(44(45)59)34-4-6-37-30(24-34)23-33(50-37)27-48-10-13-62-15-17-64-19-18-63-16-14-61-12-1-2-28-3-5-35-36(22-28)42(57)53(41(35)56)38-7-8-39(54)51-40(38)55/h3-6,20-25,38,48,50,60H,7-19,26-27H2,(H,49,58)(H,51,54,55)/t38?,45-/m0/s1. The number of aromatic nitrogens is 1. The number of amides is 6. The van der Waals surface area contributed by atoms with E-state index in [1.807, 2.05) is 12.1 Å². The van der Waals surface area contributed by atoms with Crippen molar-refractivity contribution in [1.82, 2.24) is 25.8 Å². The van der Waals surface area contributed by atoms with Crippen molar-refractivity contribution in [2.24, 2.45) is 0 Å². The van der Waals surface area contributed by atoms with Gasteiger partial charge in [0.25, 0.3) is 23.6 Å². The molecule has 64 heavy (non-hydrogen) atoms. The SMILES string of the molecule is O=C1CCC(N2C(=O)c3ccc(C#CCOCCOCCOCCOCCNCc4cc5cc(N6CC[C@](O)(C(=O)NCc7cc(F)cc(F)c7)C6=O)ccc5[nH]4)cc3C2=O)C(=O)N1. The van der Waals surface area contributed by atoms with Crippen LogP contribution in [0.15, 0.2) is 60.7 Å². The van der Waals surface area contributed by atoms with Crippen LogP contribution in [0.5, 0.6) is 0 Å². The number of benzene rings is 3.